The molecule has 0 spiro atoms. The van der Waals surface area contributed by atoms with Crippen LogP contribution in [0.1, 0.15) is 48.9 Å². The zero-order chi connectivity index (χ0) is 20.4. The van der Waals surface area contributed by atoms with Crippen LogP contribution in [0, 0.1) is 6.92 Å². The van der Waals surface area contributed by atoms with Gasteiger partial charge in [0.15, 0.2) is 5.11 Å². The van der Waals surface area contributed by atoms with Crippen LogP contribution in [0.4, 0.5) is 0 Å². The van der Waals surface area contributed by atoms with Gasteiger partial charge in [0.25, 0.3) is 0 Å². The first-order chi connectivity index (χ1) is 14.1. The lowest BCUT2D eigenvalue weighted by Gasteiger charge is -2.25. The van der Waals surface area contributed by atoms with Gasteiger partial charge in [-0.1, -0.05) is 43.1 Å². The first kappa shape index (κ1) is 19.9. The van der Waals surface area contributed by atoms with Crippen molar-refractivity contribution in [1.29, 1.82) is 0 Å². The van der Waals surface area contributed by atoms with Crippen LogP contribution in [-0.4, -0.2) is 21.5 Å². The van der Waals surface area contributed by atoms with Crippen molar-refractivity contribution in [2.45, 2.75) is 38.8 Å². The fourth-order valence-corrected chi connectivity index (χ4v) is 4.32. The Morgan fingerprint density at radius 3 is 2.79 bits per heavy atom. The Bertz CT molecular complexity index is 1000. The molecule has 0 aliphatic carbocycles. The minimum absolute atomic E-state index is 0.0443. The Balaban J connectivity index is 1.73. The fourth-order valence-electron chi connectivity index (χ4n) is 3.81. The minimum atomic E-state index is -0.0555. The van der Waals surface area contributed by atoms with Gasteiger partial charge in [0.2, 0.25) is 0 Å². The standard InChI is InChI=1S/C23H24ClN3OS/c1-3-4-14-27-22(21(26-23(27)29)18-10-5-6-13-25-18)20-12-11-19(28-20)16-8-7-9-17(24)15(16)2/h5-13,21-22H,3-4,14H2,1-2H3,(H,26,29)/t21-,22+/m0/s1. The molecular weight excluding hydrogens is 402 g/mol. The van der Waals surface area contributed by atoms with Crippen LogP contribution in [0.2, 0.25) is 5.02 Å². The normalized spacial score (nSPS) is 18.9. The van der Waals surface area contributed by atoms with E-state index in [0.717, 1.165) is 57.9 Å². The summed E-state index contributed by atoms with van der Waals surface area (Å²) in [6.07, 6.45) is 3.98. The van der Waals surface area contributed by atoms with Crippen LogP contribution < -0.4 is 5.32 Å². The molecule has 150 valence electrons. The molecule has 3 aromatic rings. The molecule has 29 heavy (non-hydrogen) atoms. The Hall–Kier alpha value is -2.37. The van der Waals surface area contributed by atoms with Gasteiger partial charge < -0.3 is 14.6 Å². The van der Waals surface area contributed by atoms with Crippen LogP contribution in [0.25, 0.3) is 11.3 Å². The van der Waals surface area contributed by atoms with Crippen molar-refractivity contribution in [1.82, 2.24) is 15.2 Å². The number of nitrogens with one attached hydrogen (secondary N) is 1. The van der Waals surface area contributed by atoms with E-state index in [1.165, 1.54) is 0 Å². The molecule has 1 aliphatic rings. The Kier molecular flexibility index (Phi) is 5.88. The van der Waals surface area contributed by atoms with Crippen molar-refractivity contribution in [3.8, 4) is 11.3 Å². The molecule has 1 aliphatic heterocycles. The smallest absolute Gasteiger partial charge is 0.170 e. The van der Waals surface area contributed by atoms with E-state index in [1.807, 2.05) is 61.7 Å². The SMILES string of the molecule is CCCCN1C(=S)N[C@@H](c2ccccn2)[C@H]1c1ccc(-c2cccc(Cl)c2C)o1. The maximum Gasteiger partial charge on any atom is 0.170 e. The monoisotopic (exact) mass is 425 g/mol. The molecule has 4 rings (SSSR count). The fraction of sp³-hybridized carbons (Fsp3) is 0.304. The summed E-state index contributed by atoms with van der Waals surface area (Å²) in [7, 11) is 0. The van der Waals surface area contributed by atoms with Crippen molar-refractivity contribution >= 4 is 28.9 Å². The highest BCUT2D eigenvalue weighted by Crippen LogP contribution is 2.41. The highest BCUT2D eigenvalue weighted by molar-refractivity contribution is 7.80. The summed E-state index contributed by atoms with van der Waals surface area (Å²) in [5.74, 6) is 1.69. The molecule has 1 fully saturated rings. The second-order valence-electron chi connectivity index (χ2n) is 7.29. The van der Waals surface area contributed by atoms with Gasteiger partial charge in [-0.2, -0.15) is 0 Å². The maximum absolute atomic E-state index is 6.37. The van der Waals surface area contributed by atoms with Gasteiger partial charge in [0.05, 0.1) is 11.7 Å². The number of hydrogen-bond acceptors (Lipinski definition) is 3. The summed E-state index contributed by atoms with van der Waals surface area (Å²) in [6.45, 7) is 5.07. The van der Waals surface area contributed by atoms with Crippen molar-refractivity contribution in [3.05, 3.63) is 76.8 Å². The molecule has 3 heterocycles. The molecule has 2 atom stereocenters. The van der Waals surface area contributed by atoms with Crippen LogP contribution in [0.15, 0.2) is 59.1 Å². The molecular formula is C23H24ClN3OS. The number of hydrogen-bond donors (Lipinski definition) is 1. The van der Waals surface area contributed by atoms with Crippen molar-refractivity contribution in [2.75, 3.05) is 6.54 Å². The number of halogens is 1. The lowest BCUT2D eigenvalue weighted by molar-refractivity contribution is 0.271. The Morgan fingerprint density at radius 1 is 1.17 bits per heavy atom. The third-order valence-electron chi connectivity index (χ3n) is 5.40. The molecule has 4 nitrogen and oxygen atoms in total. The molecule has 0 unspecified atom stereocenters. The van der Waals surface area contributed by atoms with E-state index in [9.17, 15) is 0 Å². The van der Waals surface area contributed by atoms with E-state index in [-0.39, 0.29) is 12.1 Å². The first-order valence-electron chi connectivity index (χ1n) is 9.93. The molecule has 0 amide bonds. The topological polar surface area (TPSA) is 41.3 Å². The van der Waals surface area contributed by atoms with Crippen molar-refractivity contribution in [2.24, 2.45) is 0 Å². The first-order valence-corrected chi connectivity index (χ1v) is 10.7. The van der Waals surface area contributed by atoms with Gasteiger partial charge >= 0.3 is 0 Å². The number of unbranched alkanes of at least 4 members (excludes halogenated alkanes) is 1. The van der Waals surface area contributed by atoms with E-state index in [1.54, 1.807) is 0 Å². The number of furan rings is 1. The number of aromatic nitrogens is 1. The third kappa shape index (κ3) is 3.89. The van der Waals surface area contributed by atoms with Crippen LogP contribution in [-0.2, 0) is 0 Å². The summed E-state index contributed by atoms with van der Waals surface area (Å²) in [6, 6.07) is 15.8. The second-order valence-corrected chi connectivity index (χ2v) is 8.08. The quantitative estimate of drug-likeness (QED) is 0.485. The average Bonchev–Trinajstić information content (AvgIpc) is 3.33. The summed E-state index contributed by atoms with van der Waals surface area (Å²) in [5, 5.41) is 4.94. The summed E-state index contributed by atoms with van der Waals surface area (Å²) in [5.41, 5.74) is 2.97. The Morgan fingerprint density at radius 2 is 2.03 bits per heavy atom. The van der Waals surface area contributed by atoms with Crippen molar-refractivity contribution in [3.63, 3.8) is 0 Å². The van der Waals surface area contributed by atoms with Crippen LogP contribution in [0.5, 0.6) is 0 Å². The number of rotatable bonds is 6. The zero-order valence-corrected chi connectivity index (χ0v) is 18.1. The highest BCUT2D eigenvalue weighted by atomic mass is 35.5. The van der Waals surface area contributed by atoms with E-state index >= 15 is 0 Å². The Labute approximate surface area is 181 Å². The molecule has 2 aromatic heterocycles. The van der Waals surface area contributed by atoms with Crippen LogP contribution >= 0.6 is 23.8 Å². The number of thiocarbonyl (C=S) groups is 1. The maximum atomic E-state index is 6.37. The van der Waals surface area contributed by atoms with Gasteiger partial charge in [-0.15, -0.1) is 0 Å². The minimum Gasteiger partial charge on any atom is -0.459 e. The lowest BCUT2D eigenvalue weighted by atomic mass is 10.0. The lowest BCUT2D eigenvalue weighted by Crippen LogP contribution is -2.30. The predicted molar refractivity (Wildman–Crippen MR) is 121 cm³/mol. The summed E-state index contributed by atoms with van der Waals surface area (Å²) < 4.78 is 6.37. The number of benzene rings is 1. The van der Waals surface area contributed by atoms with Gasteiger partial charge in [-0.25, -0.2) is 0 Å². The molecule has 6 heteroatoms. The van der Waals surface area contributed by atoms with E-state index in [4.69, 9.17) is 28.2 Å². The van der Waals surface area contributed by atoms with Gasteiger partial charge in [-0.3, -0.25) is 4.98 Å². The van der Waals surface area contributed by atoms with E-state index in [0.29, 0.717) is 0 Å². The zero-order valence-electron chi connectivity index (χ0n) is 16.6. The number of pyridine rings is 1. The summed E-state index contributed by atoms with van der Waals surface area (Å²) >= 11 is 12.0. The van der Waals surface area contributed by atoms with Crippen LogP contribution in [0.3, 0.4) is 0 Å². The highest BCUT2D eigenvalue weighted by Gasteiger charge is 2.41. The van der Waals surface area contributed by atoms with E-state index < -0.39 is 0 Å². The van der Waals surface area contributed by atoms with Crippen molar-refractivity contribution < 1.29 is 4.42 Å². The predicted octanol–water partition coefficient (Wildman–Crippen LogP) is 6.08. The molecule has 1 aromatic carbocycles. The second kappa shape index (κ2) is 8.56. The summed E-state index contributed by atoms with van der Waals surface area (Å²) in [4.78, 5) is 6.80. The largest absolute Gasteiger partial charge is 0.459 e. The molecule has 1 N–H and O–H groups in total. The van der Waals surface area contributed by atoms with Gasteiger partial charge in [-0.05, 0) is 61.5 Å². The van der Waals surface area contributed by atoms with E-state index in [2.05, 4.69) is 22.1 Å². The average molecular weight is 426 g/mol. The van der Waals surface area contributed by atoms with Gasteiger partial charge in [0.1, 0.15) is 17.6 Å². The number of nitrogens with zero attached hydrogens (tertiary/aromatic N) is 2. The molecule has 0 saturated carbocycles. The third-order valence-corrected chi connectivity index (χ3v) is 6.16. The molecule has 0 bridgehead atoms. The van der Waals surface area contributed by atoms with Gasteiger partial charge in [0, 0.05) is 23.3 Å². The molecule has 0 radical (unpaired) electrons. The molecule has 1 saturated heterocycles.